The van der Waals surface area contributed by atoms with Gasteiger partial charge in [0.05, 0.1) is 10.7 Å². The highest BCUT2D eigenvalue weighted by Crippen LogP contribution is 2.37. The Kier molecular flexibility index (Phi) is 9.74. The summed E-state index contributed by atoms with van der Waals surface area (Å²) in [6.07, 6.45) is -4.50. The fourth-order valence-electron chi connectivity index (χ4n) is 5.06. The SMILES string of the molecule is C[Si](C)(C)C#CCOc1ccccc1C1CC(c2csc(C3CCN(C(=O)Cn4nc(C(F)F)cc4C(F)F)CC3)n2)=NO1. The van der Waals surface area contributed by atoms with Gasteiger partial charge < -0.3 is 14.5 Å². The van der Waals surface area contributed by atoms with E-state index in [-0.39, 0.29) is 12.0 Å². The maximum atomic E-state index is 13.3. The van der Waals surface area contributed by atoms with Crippen LogP contribution in [-0.2, 0) is 16.2 Å². The Balaban J connectivity index is 1.15. The van der Waals surface area contributed by atoms with E-state index in [4.69, 9.17) is 14.6 Å². The van der Waals surface area contributed by atoms with Gasteiger partial charge in [-0.05, 0) is 25.0 Å². The van der Waals surface area contributed by atoms with Gasteiger partial charge in [0.2, 0.25) is 5.91 Å². The molecule has 0 bridgehead atoms. The van der Waals surface area contributed by atoms with Crippen molar-refractivity contribution in [3.05, 3.63) is 63.4 Å². The molecule has 234 valence electrons. The highest BCUT2D eigenvalue weighted by Gasteiger charge is 2.31. The van der Waals surface area contributed by atoms with Crippen LogP contribution in [0, 0.1) is 11.5 Å². The first-order valence-electron chi connectivity index (χ1n) is 14.3. The number of hydrogen-bond donors (Lipinski definition) is 0. The van der Waals surface area contributed by atoms with E-state index in [0.29, 0.717) is 55.5 Å². The molecule has 2 aliphatic rings. The van der Waals surface area contributed by atoms with E-state index >= 15 is 0 Å². The zero-order valence-corrected chi connectivity index (χ0v) is 26.4. The van der Waals surface area contributed by atoms with Crippen LogP contribution in [0.15, 0.2) is 40.9 Å². The first-order chi connectivity index (χ1) is 21.0. The molecule has 2 aromatic heterocycles. The lowest BCUT2D eigenvalue weighted by atomic mass is 9.97. The van der Waals surface area contributed by atoms with Crippen molar-refractivity contribution < 1.29 is 31.9 Å². The van der Waals surface area contributed by atoms with Crippen molar-refractivity contribution in [1.29, 1.82) is 0 Å². The Labute approximate surface area is 258 Å². The largest absolute Gasteiger partial charge is 0.481 e. The Hall–Kier alpha value is -3.70. The molecule has 0 N–H and O–H groups in total. The van der Waals surface area contributed by atoms with Crippen molar-refractivity contribution in [3.8, 4) is 17.2 Å². The number of hydrogen-bond acceptors (Lipinski definition) is 7. The summed E-state index contributed by atoms with van der Waals surface area (Å²) in [7, 11) is -1.48. The number of aromatic nitrogens is 3. The summed E-state index contributed by atoms with van der Waals surface area (Å²) in [6, 6.07) is 8.36. The van der Waals surface area contributed by atoms with Crippen molar-refractivity contribution >= 4 is 31.0 Å². The molecule has 1 amide bonds. The molecule has 14 heteroatoms. The highest BCUT2D eigenvalue weighted by atomic mass is 32.1. The predicted molar refractivity (Wildman–Crippen MR) is 161 cm³/mol. The minimum atomic E-state index is -3.01. The second-order valence-electron chi connectivity index (χ2n) is 11.7. The zero-order chi connectivity index (χ0) is 31.4. The van der Waals surface area contributed by atoms with Gasteiger partial charge in [-0.15, -0.1) is 16.9 Å². The van der Waals surface area contributed by atoms with Crippen LogP contribution in [0.5, 0.6) is 5.75 Å². The summed E-state index contributed by atoms with van der Waals surface area (Å²) < 4.78 is 59.2. The number of benzene rings is 1. The number of ether oxygens (including phenoxy) is 1. The van der Waals surface area contributed by atoms with Crippen LogP contribution < -0.4 is 4.74 Å². The molecule has 0 radical (unpaired) electrons. The number of halogens is 4. The number of rotatable bonds is 9. The number of carbonyl (C=O) groups excluding carboxylic acids is 1. The van der Waals surface area contributed by atoms with Gasteiger partial charge >= 0.3 is 0 Å². The number of carbonyl (C=O) groups is 1. The van der Waals surface area contributed by atoms with E-state index in [0.717, 1.165) is 22.0 Å². The van der Waals surface area contributed by atoms with Gasteiger partial charge in [-0.25, -0.2) is 22.5 Å². The lowest BCUT2D eigenvalue weighted by Crippen LogP contribution is -2.40. The number of thiazole rings is 1. The average Bonchev–Trinajstić information content (AvgIpc) is 3.75. The van der Waals surface area contributed by atoms with Gasteiger partial charge in [-0.2, -0.15) is 5.10 Å². The molecule has 5 rings (SSSR count). The van der Waals surface area contributed by atoms with E-state index in [1.54, 1.807) is 4.90 Å². The van der Waals surface area contributed by atoms with Gasteiger partial charge in [-0.1, -0.05) is 48.9 Å². The van der Waals surface area contributed by atoms with Crippen LogP contribution in [0.3, 0.4) is 0 Å². The standard InChI is InChI=1S/C30H33F4N5O3SSi/c1-44(2,3)14-6-13-41-25-8-5-4-7-20(25)26-16-21(37-42-26)23-18-43-30(35-23)19-9-11-38(12-10-19)27(40)17-39-24(29(33)34)15-22(36-39)28(31)32/h4-5,7-8,15,18-19,26,28-29H,9-13,16-17H2,1-3H3. The molecule has 8 nitrogen and oxygen atoms in total. The maximum Gasteiger partial charge on any atom is 0.282 e. The number of oxime groups is 1. The number of alkyl halides is 4. The fourth-order valence-corrected chi connectivity index (χ4v) is 6.66. The number of para-hydroxylation sites is 1. The number of piperidine rings is 1. The van der Waals surface area contributed by atoms with Crippen LogP contribution in [0.2, 0.25) is 19.6 Å². The van der Waals surface area contributed by atoms with Crippen molar-refractivity contribution in [3.63, 3.8) is 0 Å². The predicted octanol–water partition coefficient (Wildman–Crippen LogP) is 6.75. The summed E-state index contributed by atoms with van der Waals surface area (Å²) in [5.74, 6) is 3.52. The molecule has 1 unspecified atom stereocenters. The van der Waals surface area contributed by atoms with E-state index in [1.807, 2.05) is 29.6 Å². The van der Waals surface area contributed by atoms with Crippen molar-refractivity contribution in [2.45, 2.75) is 70.3 Å². The lowest BCUT2D eigenvalue weighted by molar-refractivity contribution is -0.133. The minimum absolute atomic E-state index is 0.120. The number of nitrogens with zero attached hydrogens (tertiary/aromatic N) is 5. The zero-order valence-electron chi connectivity index (χ0n) is 24.6. The summed E-state index contributed by atoms with van der Waals surface area (Å²) in [4.78, 5) is 25.0. The molecule has 44 heavy (non-hydrogen) atoms. The Bertz CT molecular complexity index is 1570. The molecular weight excluding hydrogens is 615 g/mol. The van der Waals surface area contributed by atoms with E-state index in [1.165, 1.54) is 11.3 Å². The molecule has 0 saturated carbocycles. The number of likely N-dealkylation sites (tertiary alicyclic amines) is 1. The third kappa shape index (κ3) is 7.68. The molecule has 0 aliphatic carbocycles. The summed E-state index contributed by atoms with van der Waals surface area (Å²) in [6.45, 7) is 7.14. The van der Waals surface area contributed by atoms with Gasteiger partial charge in [-0.3, -0.25) is 9.48 Å². The monoisotopic (exact) mass is 647 g/mol. The lowest BCUT2D eigenvalue weighted by Gasteiger charge is -2.31. The van der Waals surface area contributed by atoms with Crippen molar-refractivity contribution in [2.24, 2.45) is 5.16 Å². The molecular formula is C30H33F4N5O3SSi. The molecule has 1 aromatic carbocycles. The van der Waals surface area contributed by atoms with E-state index in [2.05, 4.69) is 41.4 Å². The highest BCUT2D eigenvalue weighted by molar-refractivity contribution is 7.10. The maximum absolute atomic E-state index is 13.3. The average molecular weight is 648 g/mol. The van der Waals surface area contributed by atoms with Crippen LogP contribution in [0.4, 0.5) is 17.6 Å². The normalized spacial score (nSPS) is 17.4. The first kappa shape index (κ1) is 31.7. The van der Waals surface area contributed by atoms with E-state index in [9.17, 15) is 22.4 Å². The molecule has 1 atom stereocenters. The summed E-state index contributed by atoms with van der Waals surface area (Å²) in [5.41, 5.74) is 4.23. The second-order valence-corrected chi connectivity index (χ2v) is 17.3. The third-order valence-electron chi connectivity index (χ3n) is 7.27. The van der Waals surface area contributed by atoms with Gasteiger partial charge in [0, 0.05) is 36.4 Å². The summed E-state index contributed by atoms with van der Waals surface area (Å²) in [5, 5.41) is 10.7. The van der Waals surface area contributed by atoms with Crippen LogP contribution in [0.25, 0.3) is 0 Å². The van der Waals surface area contributed by atoms with Crippen molar-refractivity contribution in [1.82, 2.24) is 19.7 Å². The molecule has 0 spiro atoms. The van der Waals surface area contributed by atoms with Crippen LogP contribution >= 0.6 is 11.3 Å². The Morgan fingerprint density at radius 1 is 1.16 bits per heavy atom. The third-order valence-corrected chi connectivity index (χ3v) is 9.21. The van der Waals surface area contributed by atoms with E-state index < -0.39 is 44.8 Å². The van der Waals surface area contributed by atoms with Crippen molar-refractivity contribution in [2.75, 3.05) is 19.7 Å². The van der Waals surface area contributed by atoms with Gasteiger partial charge in [0.25, 0.3) is 12.9 Å². The number of amides is 1. The van der Waals surface area contributed by atoms with Gasteiger partial charge in [0.15, 0.2) is 6.10 Å². The fraction of sp³-hybridized carbons (Fsp3) is 0.467. The second kappa shape index (κ2) is 13.5. The molecule has 1 fully saturated rings. The molecule has 4 heterocycles. The topological polar surface area (TPSA) is 81.8 Å². The minimum Gasteiger partial charge on any atom is -0.481 e. The van der Waals surface area contributed by atoms with Gasteiger partial charge in [0.1, 0.15) is 44.1 Å². The van der Waals surface area contributed by atoms with Crippen LogP contribution in [-0.4, -0.2) is 59.1 Å². The molecule has 1 saturated heterocycles. The smallest absolute Gasteiger partial charge is 0.282 e. The quantitative estimate of drug-likeness (QED) is 0.146. The Morgan fingerprint density at radius 3 is 2.61 bits per heavy atom. The molecule has 3 aromatic rings. The first-order valence-corrected chi connectivity index (χ1v) is 18.7. The molecule has 2 aliphatic heterocycles. The summed E-state index contributed by atoms with van der Waals surface area (Å²) >= 11 is 1.53. The van der Waals surface area contributed by atoms with Crippen LogP contribution in [0.1, 0.15) is 71.8 Å². The Morgan fingerprint density at radius 2 is 1.91 bits per heavy atom.